The van der Waals surface area contributed by atoms with Crippen molar-refractivity contribution in [2.45, 2.75) is 13.5 Å². The molecule has 0 saturated carbocycles. The Morgan fingerprint density at radius 3 is 2.48 bits per heavy atom. The van der Waals surface area contributed by atoms with E-state index in [4.69, 9.17) is 9.47 Å². The van der Waals surface area contributed by atoms with Crippen molar-refractivity contribution in [1.29, 1.82) is 0 Å². The highest BCUT2D eigenvalue weighted by atomic mass is 16.5. The van der Waals surface area contributed by atoms with Gasteiger partial charge in [-0.2, -0.15) is 0 Å². The number of aryl methyl sites for hydroxylation is 2. The van der Waals surface area contributed by atoms with E-state index in [0.717, 1.165) is 22.4 Å². The third-order valence-electron chi connectivity index (χ3n) is 4.32. The van der Waals surface area contributed by atoms with E-state index < -0.39 is 0 Å². The lowest BCUT2D eigenvalue weighted by Crippen LogP contribution is -2.23. The molecule has 0 aliphatic rings. The Labute approximate surface area is 146 Å². The van der Waals surface area contributed by atoms with Crippen LogP contribution in [0.25, 0.3) is 11.0 Å². The normalized spacial score (nSPS) is 10.7. The predicted molar refractivity (Wildman–Crippen MR) is 96.2 cm³/mol. The SMILES string of the molecule is COc1cccc(OC)c1CNC(=O)c1ccc2c(c1)nc(C)n2C. The number of benzene rings is 2. The summed E-state index contributed by atoms with van der Waals surface area (Å²) in [5, 5.41) is 2.92. The first kappa shape index (κ1) is 16.8. The molecule has 25 heavy (non-hydrogen) atoms. The smallest absolute Gasteiger partial charge is 0.251 e. The molecule has 3 aromatic rings. The molecule has 0 saturated heterocycles. The second kappa shape index (κ2) is 6.84. The number of imidazole rings is 1. The van der Waals surface area contributed by atoms with Gasteiger partial charge in [-0.25, -0.2) is 4.98 Å². The second-order valence-electron chi connectivity index (χ2n) is 5.75. The summed E-state index contributed by atoms with van der Waals surface area (Å²) in [6.07, 6.45) is 0. The molecular weight excluding hydrogens is 318 g/mol. The number of carbonyl (C=O) groups excluding carboxylic acids is 1. The number of hydrogen-bond donors (Lipinski definition) is 1. The standard InChI is InChI=1S/C19H21N3O3/c1-12-21-15-10-13(8-9-16(15)22(12)2)19(23)20-11-14-17(24-3)6-5-7-18(14)25-4/h5-10H,11H2,1-4H3,(H,20,23). The van der Waals surface area contributed by atoms with Crippen molar-refractivity contribution in [3.05, 3.63) is 53.3 Å². The van der Waals surface area contributed by atoms with Crippen molar-refractivity contribution >= 4 is 16.9 Å². The molecular formula is C19H21N3O3. The largest absolute Gasteiger partial charge is 0.496 e. The van der Waals surface area contributed by atoms with Crippen LogP contribution in [0.15, 0.2) is 36.4 Å². The summed E-state index contributed by atoms with van der Waals surface area (Å²) < 4.78 is 12.7. The lowest BCUT2D eigenvalue weighted by molar-refractivity contribution is 0.0950. The van der Waals surface area contributed by atoms with E-state index >= 15 is 0 Å². The number of fused-ring (bicyclic) bond motifs is 1. The zero-order valence-corrected chi connectivity index (χ0v) is 14.8. The Bertz CT molecular complexity index is 909. The number of amides is 1. The molecule has 0 fully saturated rings. The highest BCUT2D eigenvalue weighted by Gasteiger charge is 2.13. The molecule has 1 amide bonds. The van der Waals surface area contributed by atoms with Crippen LogP contribution in [-0.2, 0) is 13.6 Å². The van der Waals surface area contributed by atoms with E-state index in [9.17, 15) is 4.79 Å². The van der Waals surface area contributed by atoms with Crippen LogP contribution >= 0.6 is 0 Å². The Morgan fingerprint density at radius 1 is 1.16 bits per heavy atom. The van der Waals surface area contributed by atoms with Crippen LogP contribution in [0.3, 0.4) is 0 Å². The number of ether oxygens (including phenoxy) is 2. The van der Waals surface area contributed by atoms with E-state index in [1.165, 1.54) is 0 Å². The molecule has 1 N–H and O–H groups in total. The van der Waals surface area contributed by atoms with Gasteiger partial charge in [-0.05, 0) is 37.3 Å². The summed E-state index contributed by atoms with van der Waals surface area (Å²) in [6, 6.07) is 11.0. The molecule has 0 aliphatic heterocycles. The van der Waals surface area contributed by atoms with Gasteiger partial charge in [0.25, 0.3) is 5.91 Å². The highest BCUT2D eigenvalue weighted by Crippen LogP contribution is 2.28. The Balaban J connectivity index is 1.82. The fraction of sp³-hybridized carbons (Fsp3) is 0.263. The maximum absolute atomic E-state index is 12.5. The molecule has 3 rings (SSSR count). The quantitative estimate of drug-likeness (QED) is 0.776. The van der Waals surface area contributed by atoms with Gasteiger partial charge in [0.1, 0.15) is 17.3 Å². The van der Waals surface area contributed by atoms with E-state index in [-0.39, 0.29) is 5.91 Å². The molecule has 0 atom stereocenters. The number of nitrogens with one attached hydrogen (secondary N) is 1. The van der Waals surface area contributed by atoms with E-state index in [1.807, 2.05) is 42.8 Å². The van der Waals surface area contributed by atoms with E-state index in [0.29, 0.717) is 23.6 Å². The molecule has 0 bridgehead atoms. The molecule has 0 unspecified atom stereocenters. The molecule has 2 aromatic carbocycles. The Morgan fingerprint density at radius 2 is 1.84 bits per heavy atom. The van der Waals surface area contributed by atoms with Crippen molar-refractivity contribution in [3.8, 4) is 11.5 Å². The molecule has 0 radical (unpaired) electrons. The minimum atomic E-state index is -0.168. The number of hydrogen-bond acceptors (Lipinski definition) is 4. The van der Waals surface area contributed by atoms with Gasteiger partial charge in [-0.3, -0.25) is 4.79 Å². The first-order chi connectivity index (χ1) is 12.0. The minimum Gasteiger partial charge on any atom is -0.496 e. The fourth-order valence-electron chi connectivity index (χ4n) is 2.83. The summed E-state index contributed by atoms with van der Waals surface area (Å²) in [4.78, 5) is 17.0. The van der Waals surface area contributed by atoms with Gasteiger partial charge in [-0.1, -0.05) is 6.07 Å². The lowest BCUT2D eigenvalue weighted by atomic mass is 10.1. The molecule has 130 valence electrons. The van der Waals surface area contributed by atoms with Crippen molar-refractivity contribution in [2.24, 2.45) is 7.05 Å². The maximum atomic E-state index is 12.5. The lowest BCUT2D eigenvalue weighted by Gasteiger charge is -2.13. The minimum absolute atomic E-state index is 0.168. The molecule has 1 aromatic heterocycles. The van der Waals surface area contributed by atoms with Crippen LogP contribution in [-0.4, -0.2) is 29.7 Å². The number of carbonyl (C=O) groups is 1. The van der Waals surface area contributed by atoms with E-state index in [1.54, 1.807) is 26.4 Å². The zero-order chi connectivity index (χ0) is 18.0. The second-order valence-corrected chi connectivity index (χ2v) is 5.75. The van der Waals surface area contributed by atoms with Crippen molar-refractivity contribution < 1.29 is 14.3 Å². The number of rotatable bonds is 5. The molecule has 0 spiro atoms. The summed E-state index contributed by atoms with van der Waals surface area (Å²) in [5.74, 6) is 2.09. The average Bonchev–Trinajstić information content (AvgIpc) is 2.92. The van der Waals surface area contributed by atoms with Crippen molar-refractivity contribution in [3.63, 3.8) is 0 Å². The van der Waals surface area contributed by atoms with Gasteiger partial charge in [0.2, 0.25) is 0 Å². The van der Waals surface area contributed by atoms with Gasteiger partial charge < -0.3 is 19.4 Å². The van der Waals surface area contributed by atoms with E-state index in [2.05, 4.69) is 10.3 Å². The monoisotopic (exact) mass is 339 g/mol. The van der Waals surface area contributed by atoms with Gasteiger partial charge in [0, 0.05) is 12.6 Å². The third-order valence-corrected chi connectivity index (χ3v) is 4.32. The van der Waals surface area contributed by atoms with Crippen LogP contribution in [0.1, 0.15) is 21.7 Å². The van der Waals surface area contributed by atoms with Crippen LogP contribution in [0.5, 0.6) is 11.5 Å². The number of methoxy groups -OCH3 is 2. The number of aromatic nitrogens is 2. The van der Waals surface area contributed by atoms with Gasteiger partial charge in [0.05, 0.1) is 37.4 Å². The molecule has 0 aliphatic carbocycles. The third kappa shape index (κ3) is 3.15. The van der Waals surface area contributed by atoms with Crippen LogP contribution in [0.4, 0.5) is 0 Å². The van der Waals surface area contributed by atoms with Crippen LogP contribution in [0, 0.1) is 6.92 Å². The molecule has 6 heteroatoms. The first-order valence-corrected chi connectivity index (χ1v) is 7.96. The molecule has 6 nitrogen and oxygen atoms in total. The predicted octanol–water partition coefficient (Wildman–Crippen LogP) is 2.83. The van der Waals surface area contributed by atoms with Gasteiger partial charge >= 0.3 is 0 Å². The first-order valence-electron chi connectivity index (χ1n) is 7.96. The average molecular weight is 339 g/mol. The zero-order valence-electron chi connectivity index (χ0n) is 14.8. The fourth-order valence-corrected chi connectivity index (χ4v) is 2.83. The summed E-state index contributed by atoms with van der Waals surface area (Å²) in [7, 11) is 5.15. The van der Waals surface area contributed by atoms with Crippen LogP contribution < -0.4 is 14.8 Å². The summed E-state index contributed by atoms with van der Waals surface area (Å²) >= 11 is 0. The summed E-state index contributed by atoms with van der Waals surface area (Å²) in [6.45, 7) is 2.25. The summed E-state index contributed by atoms with van der Waals surface area (Å²) in [5.41, 5.74) is 3.18. The van der Waals surface area contributed by atoms with Gasteiger partial charge in [0.15, 0.2) is 0 Å². The topological polar surface area (TPSA) is 65.4 Å². The van der Waals surface area contributed by atoms with Crippen molar-refractivity contribution in [1.82, 2.24) is 14.9 Å². The van der Waals surface area contributed by atoms with Crippen molar-refractivity contribution in [2.75, 3.05) is 14.2 Å². The van der Waals surface area contributed by atoms with Gasteiger partial charge in [-0.15, -0.1) is 0 Å². The highest BCUT2D eigenvalue weighted by molar-refractivity contribution is 5.97. The maximum Gasteiger partial charge on any atom is 0.251 e. The number of nitrogens with zero attached hydrogens (tertiary/aromatic N) is 2. The Kier molecular flexibility index (Phi) is 4.61. The van der Waals surface area contributed by atoms with Crippen LogP contribution in [0.2, 0.25) is 0 Å². The molecule has 1 heterocycles. The Hall–Kier alpha value is -3.02.